The van der Waals surface area contributed by atoms with E-state index < -0.39 is 29.6 Å². The summed E-state index contributed by atoms with van der Waals surface area (Å²) in [5.41, 5.74) is 2.07. The molecule has 1 spiro atoms. The Bertz CT molecular complexity index is 1210. The minimum absolute atomic E-state index is 0.113. The number of anilines is 2. The first kappa shape index (κ1) is 26.2. The molecule has 3 saturated heterocycles. The number of carbonyl (C=O) groups excluding carboxylic acids is 3. The Hall–Kier alpha value is -3.43. The molecule has 3 heterocycles. The third kappa shape index (κ3) is 4.33. The van der Waals surface area contributed by atoms with Crippen molar-refractivity contribution >= 4 is 29.1 Å². The molecular weight excluding hydrogens is 486 g/mol. The Labute approximate surface area is 222 Å². The van der Waals surface area contributed by atoms with Gasteiger partial charge in [0.25, 0.3) is 0 Å². The second-order valence-electron chi connectivity index (χ2n) is 10.4. The summed E-state index contributed by atoms with van der Waals surface area (Å²) in [5.74, 6) is -1.67. The van der Waals surface area contributed by atoms with E-state index in [2.05, 4.69) is 10.6 Å². The predicted molar refractivity (Wildman–Crippen MR) is 142 cm³/mol. The van der Waals surface area contributed by atoms with Gasteiger partial charge in [0.05, 0.1) is 24.5 Å². The van der Waals surface area contributed by atoms with Crippen LogP contribution >= 0.6 is 0 Å². The monoisotopic (exact) mass is 521 g/mol. The molecule has 9 heteroatoms. The van der Waals surface area contributed by atoms with Gasteiger partial charge in [0.15, 0.2) is 0 Å². The standard InChI is InChI=1S/C29H35N3O6/c1-4-37-20-11-9-19(10-12-20)30-26(34)22-21-13-14-29(38-21)23(22)28(36)32(15-6-16-33)25(29)27(35)31-24-17(2)7-5-8-18(24)3/h5,7-12,21-23,25,33H,4,6,13-16H2,1-3H3,(H,30,34)(H,31,35)/t21-,22+,23-,25?,29?/m0/s1. The molecular formula is C29H35N3O6. The van der Waals surface area contributed by atoms with Gasteiger partial charge in [-0.15, -0.1) is 0 Å². The zero-order valence-electron chi connectivity index (χ0n) is 22.0. The summed E-state index contributed by atoms with van der Waals surface area (Å²) < 4.78 is 11.9. The van der Waals surface area contributed by atoms with E-state index >= 15 is 0 Å². The van der Waals surface area contributed by atoms with Crippen LogP contribution in [0.2, 0.25) is 0 Å². The number of hydrogen-bond acceptors (Lipinski definition) is 6. The van der Waals surface area contributed by atoms with E-state index in [0.717, 1.165) is 11.1 Å². The summed E-state index contributed by atoms with van der Waals surface area (Å²) in [5, 5.41) is 15.5. The molecule has 38 heavy (non-hydrogen) atoms. The first-order valence-electron chi connectivity index (χ1n) is 13.3. The number of ether oxygens (including phenoxy) is 2. The van der Waals surface area contributed by atoms with Gasteiger partial charge in [-0.3, -0.25) is 14.4 Å². The summed E-state index contributed by atoms with van der Waals surface area (Å²) in [6, 6.07) is 12.0. The molecule has 2 aromatic carbocycles. The van der Waals surface area contributed by atoms with Crippen molar-refractivity contribution < 1.29 is 29.0 Å². The van der Waals surface area contributed by atoms with Crippen molar-refractivity contribution in [3.63, 3.8) is 0 Å². The number of hydrogen-bond donors (Lipinski definition) is 3. The fraction of sp³-hybridized carbons (Fsp3) is 0.483. The topological polar surface area (TPSA) is 117 Å². The first-order valence-corrected chi connectivity index (χ1v) is 13.3. The molecule has 202 valence electrons. The average Bonchev–Trinajstić information content (AvgIpc) is 3.53. The lowest BCUT2D eigenvalue weighted by Crippen LogP contribution is -2.53. The number of aliphatic hydroxyl groups is 1. The van der Waals surface area contributed by atoms with Gasteiger partial charge in [0.2, 0.25) is 17.7 Å². The highest BCUT2D eigenvalue weighted by molar-refractivity contribution is 6.05. The number of aliphatic hydroxyl groups excluding tert-OH is 1. The van der Waals surface area contributed by atoms with Gasteiger partial charge >= 0.3 is 0 Å². The smallest absolute Gasteiger partial charge is 0.250 e. The van der Waals surface area contributed by atoms with Crippen LogP contribution in [0.15, 0.2) is 42.5 Å². The molecule has 2 aromatic rings. The van der Waals surface area contributed by atoms with E-state index in [9.17, 15) is 19.5 Å². The van der Waals surface area contributed by atoms with Crippen molar-refractivity contribution in [2.45, 2.75) is 57.8 Å². The maximum atomic E-state index is 13.9. The van der Waals surface area contributed by atoms with Crippen molar-refractivity contribution in [1.29, 1.82) is 0 Å². The Balaban J connectivity index is 1.43. The highest BCUT2D eigenvalue weighted by Gasteiger charge is 2.74. The second kappa shape index (κ2) is 10.4. The predicted octanol–water partition coefficient (Wildman–Crippen LogP) is 3.04. The van der Waals surface area contributed by atoms with Crippen LogP contribution in [-0.2, 0) is 19.1 Å². The number of para-hydroxylation sites is 1. The molecule has 0 radical (unpaired) electrons. The fourth-order valence-electron chi connectivity index (χ4n) is 6.47. The summed E-state index contributed by atoms with van der Waals surface area (Å²) in [6.45, 7) is 6.39. The van der Waals surface area contributed by atoms with Crippen molar-refractivity contribution in [2.75, 3.05) is 30.4 Å². The van der Waals surface area contributed by atoms with Crippen LogP contribution in [0.25, 0.3) is 0 Å². The van der Waals surface area contributed by atoms with Crippen LogP contribution in [-0.4, -0.2) is 65.2 Å². The summed E-state index contributed by atoms with van der Waals surface area (Å²) in [4.78, 5) is 42.8. The number of nitrogens with zero attached hydrogens (tertiary/aromatic N) is 1. The molecule has 5 atom stereocenters. The Morgan fingerprint density at radius 2 is 1.82 bits per heavy atom. The van der Waals surface area contributed by atoms with E-state index in [4.69, 9.17) is 9.47 Å². The molecule has 5 rings (SSSR count). The molecule has 2 bridgehead atoms. The number of benzene rings is 2. The highest BCUT2D eigenvalue weighted by atomic mass is 16.5. The molecule has 3 aliphatic rings. The van der Waals surface area contributed by atoms with Gasteiger partial charge in [-0.05, 0) is 75.4 Å². The molecule has 3 N–H and O–H groups in total. The third-order valence-electron chi connectivity index (χ3n) is 8.07. The van der Waals surface area contributed by atoms with Gasteiger partial charge in [-0.2, -0.15) is 0 Å². The largest absolute Gasteiger partial charge is 0.494 e. The van der Waals surface area contributed by atoms with Crippen LogP contribution in [0.3, 0.4) is 0 Å². The number of likely N-dealkylation sites (tertiary alicyclic amines) is 1. The lowest BCUT2D eigenvalue weighted by molar-refractivity contribution is -0.139. The van der Waals surface area contributed by atoms with Gasteiger partial charge in [0, 0.05) is 24.5 Å². The Kier molecular flexibility index (Phi) is 7.15. The van der Waals surface area contributed by atoms with E-state index in [-0.39, 0.29) is 30.9 Å². The summed E-state index contributed by atoms with van der Waals surface area (Å²) >= 11 is 0. The normalized spacial score (nSPS) is 27.4. The number of amides is 3. The quantitative estimate of drug-likeness (QED) is 0.467. The lowest BCUT2D eigenvalue weighted by atomic mass is 9.70. The van der Waals surface area contributed by atoms with Crippen LogP contribution < -0.4 is 15.4 Å². The minimum atomic E-state index is -1.08. The molecule has 9 nitrogen and oxygen atoms in total. The van der Waals surface area contributed by atoms with Gasteiger partial charge in [-0.1, -0.05) is 18.2 Å². The summed E-state index contributed by atoms with van der Waals surface area (Å²) in [6.07, 6.45) is 0.990. The minimum Gasteiger partial charge on any atom is -0.494 e. The zero-order chi connectivity index (χ0) is 27.0. The highest BCUT2D eigenvalue weighted by Crippen LogP contribution is 2.58. The van der Waals surface area contributed by atoms with Crippen molar-refractivity contribution in [1.82, 2.24) is 4.90 Å². The molecule has 0 aliphatic carbocycles. The van der Waals surface area contributed by atoms with Crippen molar-refractivity contribution in [3.05, 3.63) is 53.6 Å². The number of fused-ring (bicyclic) bond motifs is 1. The lowest BCUT2D eigenvalue weighted by Gasteiger charge is -2.33. The van der Waals surface area contributed by atoms with Gasteiger partial charge in [-0.25, -0.2) is 0 Å². The van der Waals surface area contributed by atoms with Crippen molar-refractivity contribution in [2.24, 2.45) is 11.8 Å². The number of nitrogens with one attached hydrogen (secondary N) is 2. The van der Waals surface area contributed by atoms with Crippen LogP contribution in [0.4, 0.5) is 11.4 Å². The van der Waals surface area contributed by atoms with E-state index in [1.807, 2.05) is 39.0 Å². The molecule has 3 amide bonds. The first-order chi connectivity index (χ1) is 18.3. The molecule has 2 unspecified atom stereocenters. The van der Waals surface area contributed by atoms with Gasteiger partial charge in [0.1, 0.15) is 17.4 Å². The van der Waals surface area contributed by atoms with E-state index in [1.54, 1.807) is 24.3 Å². The second-order valence-corrected chi connectivity index (χ2v) is 10.4. The molecule has 3 aliphatic heterocycles. The summed E-state index contributed by atoms with van der Waals surface area (Å²) in [7, 11) is 0. The fourth-order valence-corrected chi connectivity index (χ4v) is 6.47. The maximum absolute atomic E-state index is 13.9. The maximum Gasteiger partial charge on any atom is 0.250 e. The average molecular weight is 522 g/mol. The third-order valence-corrected chi connectivity index (χ3v) is 8.07. The van der Waals surface area contributed by atoms with Crippen molar-refractivity contribution in [3.8, 4) is 5.75 Å². The Morgan fingerprint density at radius 3 is 2.47 bits per heavy atom. The van der Waals surface area contributed by atoms with Gasteiger partial charge < -0.3 is 30.1 Å². The Morgan fingerprint density at radius 1 is 1.11 bits per heavy atom. The van der Waals surface area contributed by atoms with E-state index in [1.165, 1.54) is 4.90 Å². The molecule has 3 fully saturated rings. The van der Waals surface area contributed by atoms with Crippen LogP contribution in [0, 0.1) is 25.7 Å². The number of carbonyl (C=O) groups is 3. The number of aryl methyl sites for hydroxylation is 2. The SMILES string of the molecule is CCOc1ccc(NC(=O)[C@@H]2[C@@H]3CCC4(O3)C(C(=O)Nc3c(C)cccc3C)N(CCCO)C(=O)[C@H]24)cc1. The number of rotatable bonds is 9. The van der Waals surface area contributed by atoms with E-state index in [0.29, 0.717) is 43.0 Å². The zero-order valence-corrected chi connectivity index (χ0v) is 22.0. The van der Waals surface area contributed by atoms with Crippen LogP contribution in [0.1, 0.15) is 37.3 Å². The molecule has 0 saturated carbocycles. The molecule has 0 aromatic heterocycles. The van der Waals surface area contributed by atoms with Crippen LogP contribution in [0.5, 0.6) is 5.75 Å².